The lowest BCUT2D eigenvalue weighted by Gasteiger charge is -2.13. The molecule has 0 atom stereocenters. The molecule has 0 unspecified atom stereocenters. The summed E-state index contributed by atoms with van der Waals surface area (Å²) in [5.41, 5.74) is 10.5. The maximum atomic E-state index is 4.96. The van der Waals surface area contributed by atoms with Gasteiger partial charge >= 0.3 is 0 Å². The van der Waals surface area contributed by atoms with Crippen LogP contribution in [0.25, 0.3) is 27.5 Å². The van der Waals surface area contributed by atoms with Crippen LogP contribution in [0.1, 0.15) is 33.6 Å². The first-order valence-corrected chi connectivity index (χ1v) is 8.56. The molecule has 4 aromatic rings. The Hall–Kier alpha value is -2.61. The van der Waals surface area contributed by atoms with Gasteiger partial charge in [-0.05, 0) is 67.0 Å². The van der Waals surface area contributed by atoms with E-state index in [9.17, 15) is 0 Å². The van der Waals surface area contributed by atoms with Crippen molar-refractivity contribution in [1.82, 2.24) is 9.55 Å². The van der Waals surface area contributed by atoms with Crippen LogP contribution in [0.5, 0.6) is 0 Å². The summed E-state index contributed by atoms with van der Waals surface area (Å²) < 4.78 is 2.42. The van der Waals surface area contributed by atoms with Crippen LogP contribution in [0.2, 0.25) is 0 Å². The van der Waals surface area contributed by atoms with E-state index in [0.717, 1.165) is 11.9 Å². The first-order valence-electron chi connectivity index (χ1n) is 8.56. The van der Waals surface area contributed by atoms with Gasteiger partial charge in [0.15, 0.2) is 0 Å². The van der Waals surface area contributed by atoms with Crippen molar-refractivity contribution in [3.05, 3.63) is 70.0 Å². The molecule has 0 saturated heterocycles. The molecule has 0 spiro atoms. The molecule has 0 fully saturated rings. The largest absolute Gasteiger partial charge is 0.295 e. The maximum Gasteiger partial charge on any atom is 0.119 e. The number of hydrogen-bond donors (Lipinski definition) is 0. The fourth-order valence-electron chi connectivity index (χ4n) is 4.14. The average molecular weight is 312 g/mol. The van der Waals surface area contributed by atoms with E-state index < -0.39 is 0 Å². The number of imidazole rings is 1. The molecule has 24 heavy (non-hydrogen) atoms. The summed E-state index contributed by atoms with van der Waals surface area (Å²) >= 11 is 0. The Morgan fingerprint density at radius 1 is 0.833 bits per heavy atom. The van der Waals surface area contributed by atoms with Crippen molar-refractivity contribution in [3.63, 3.8) is 0 Å². The van der Waals surface area contributed by atoms with Gasteiger partial charge in [-0.15, -0.1) is 0 Å². The summed E-state index contributed by atoms with van der Waals surface area (Å²) in [5, 5.41) is 2.65. The van der Waals surface area contributed by atoms with Crippen molar-refractivity contribution in [1.29, 1.82) is 0 Å². The summed E-state index contributed by atoms with van der Waals surface area (Å²) in [6.45, 7) is 8.85. The molecule has 118 valence electrons. The molecule has 0 amide bonds. The minimum Gasteiger partial charge on any atom is -0.295 e. The monoisotopic (exact) mass is 312 g/mol. The molecule has 0 N–H and O–H groups in total. The third-order valence-corrected chi connectivity index (χ3v) is 5.76. The first-order chi connectivity index (χ1) is 11.6. The molecular formula is C22H20N2. The van der Waals surface area contributed by atoms with Crippen LogP contribution >= 0.6 is 0 Å². The Kier molecular flexibility index (Phi) is 2.57. The van der Waals surface area contributed by atoms with E-state index in [1.54, 1.807) is 0 Å². The predicted molar refractivity (Wildman–Crippen MR) is 100 cm³/mol. The van der Waals surface area contributed by atoms with E-state index >= 15 is 0 Å². The number of benzene rings is 3. The summed E-state index contributed by atoms with van der Waals surface area (Å²) in [7, 11) is 0. The van der Waals surface area contributed by atoms with E-state index in [0.29, 0.717) is 0 Å². The highest BCUT2D eigenvalue weighted by atomic mass is 15.1. The summed E-state index contributed by atoms with van der Waals surface area (Å²) in [4.78, 5) is 4.96. The fourth-order valence-corrected chi connectivity index (χ4v) is 4.14. The van der Waals surface area contributed by atoms with Crippen molar-refractivity contribution in [2.75, 3.05) is 0 Å². The molecule has 1 aliphatic heterocycles. The zero-order valence-corrected chi connectivity index (χ0v) is 14.6. The van der Waals surface area contributed by atoms with E-state index in [-0.39, 0.29) is 0 Å². The molecule has 0 aliphatic carbocycles. The third kappa shape index (κ3) is 1.58. The second-order valence-electron chi connectivity index (χ2n) is 7.09. The number of aryl methyl sites for hydroxylation is 3. The predicted octanol–water partition coefficient (Wildman–Crippen LogP) is 5.32. The SMILES string of the molecule is Cc1ccc2c(c1C)-n1c(nc3ccc4ccc(C)c(C)c4c31)C2. The van der Waals surface area contributed by atoms with Gasteiger partial charge in [0.2, 0.25) is 0 Å². The van der Waals surface area contributed by atoms with Gasteiger partial charge in [0, 0.05) is 11.8 Å². The minimum absolute atomic E-state index is 0.928. The molecule has 3 aromatic carbocycles. The van der Waals surface area contributed by atoms with Crippen LogP contribution in [0.15, 0.2) is 36.4 Å². The lowest BCUT2D eigenvalue weighted by Crippen LogP contribution is -1.98. The molecule has 1 aliphatic rings. The zero-order chi connectivity index (χ0) is 16.6. The second kappa shape index (κ2) is 4.47. The zero-order valence-electron chi connectivity index (χ0n) is 14.6. The highest BCUT2D eigenvalue weighted by molar-refractivity contribution is 6.08. The average Bonchev–Trinajstić information content (AvgIpc) is 3.10. The van der Waals surface area contributed by atoms with E-state index in [4.69, 9.17) is 4.98 Å². The number of aromatic nitrogens is 2. The molecule has 1 aromatic heterocycles. The number of hydrogen-bond acceptors (Lipinski definition) is 1. The van der Waals surface area contributed by atoms with Gasteiger partial charge in [-0.1, -0.05) is 30.3 Å². The Labute approximate surface area is 141 Å². The smallest absolute Gasteiger partial charge is 0.119 e. The molecule has 2 nitrogen and oxygen atoms in total. The van der Waals surface area contributed by atoms with Crippen LogP contribution < -0.4 is 0 Å². The molecule has 2 heterocycles. The number of nitrogens with zero attached hydrogens (tertiary/aromatic N) is 2. The van der Waals surface area contributed by atoms with Crippen LogP contribution in [0, 0.1) is 27.7 Å². The van der Waals surface area contributed by atoms with Gasteiger partial charge in [0.25, 0.3) is 0 Å². The van der Waals surface area contributed by atoms with Crippen LogP contribution in [0.4, 0.5) is 0 Å². The minimum atomic E-state index is 0.928. The van der Waals surface area contributed by atoms with Gasteiger partial charge in [-0.2, -0.15) is 0 Å². The van der Waals surface area contributed by atoms with Crippen molar-refractivity contribution >= 4 is 21.8 Å². The molecule has 0 radical (unpaired) electrons. The van der Waals surface area contributed by atoms with Gasteiger partial charge in [-0.25, -0.2) is 4.98 Å². The van der Waals surface area contributed by atoms with E-state index in [1.165, 1.54) is 55.6 Å². The van der Waals surface area contributed by atoms with Crippen molar-refractivity contribution < 1.29 is 0 Å². The standard InChI is InChI=1S/C22H20N2/c1-12-5-7-16-9-10-18-22(20(16)14(12)3)24-19(23-18)11-17-8-6-13(2)15(4)21(17)24/h5-10H,11H2,1-4H3. The van der Waals surface area contributed by atoms with Crippen molar-refractivity contribution in [2.45, 2.75) is 34.1 Å². The summed E-state index contributed by atoms with van der Waals surface area (Å²) in [6, 6.07) is 13.3. The molecule has 5 rings (SSSR count). The van der Waals surface area contributed by atoms with Crippen molar-refractivity contribution in [3.8, 4) is 5.69 Å². The Bertz CT molecular complexity index is 1160. The first kappa shape index (κ1) is 13.8. The lowest BCUT2D eigenvalue weighted by molar-refractivity contribution is 1.01. The van der Waals surface area contributed by atoms with E-state index in [2.05, 4.69) is 68.7 Å². The van der Waals surface area contributed by atoms with Gasteiger partial charge < -0.3 is 0 Å². The fraction of sp³-hybridized carbons (Fsp3) is 0.227. The van der Waals surface area contributed by atoms with Gasteiger partial charge in [-0.3, -0.25) is 4.57 Å². The van der Waals surface area contributed by atoms with Crippen LogP contribution in [-0.2, 0) is 6.42 Å². The van der Waals surface area contributed by atoms with E-state index in [1.807, 2.05) is 0 Å². The quantitative estimate of drug-likeness (QED) is 0.378. The highest BCUT2D eigenvalue weighted by Crippen LogP contribution is 2.39. The molecular weight excluding hydrogens is 292 g/mol. The maximum absolute atomic E-state index is 4.96. The van der Waals surface area contributed by atoms with Gasteiger partial charge in [0.05, 0.1) is 16.7 Å². The topological polar surface area (TPSA) is 17.8 Å². The molecule has 2 heteroatoms. The lowest BCUT2D eigenvalue weighted by atomic mass is 9.99. The second-order valence-corrected chi connectivity index (χ2v) is 7.09. The molecule has 0 saturated carbocycles. The number of fused-ring (bicyclic) bond motifs is 7. The Morgan fingerprint density at radius 3 is 2.38 bits per heavy atom. The van der Waals surface area contributed by atoms with Crippen LogP contribution in [-0.4, -0.2) is 9.55 Å². The van der Waals surface area contributed by atoms with Crippen molar-refractivity contribution in [2.24, 2.45) is 0 Å². The van der Waals surface area contributed by atoms with Gasteiger partial charge in [0.1, 0.15) is 5.82 Å². The van der Waals surface area contributed by atoms with Crippen LogP contribution in [0.3, 0.4) is 0 Å². The Balaban J connectivity index is 2.03. The third-order valence-electron chi connectivity index (χ3n) is 5.76. The molecule has 0 bridgehead atoms. The summed E-state index contributed by atoms with van der Waals surface area (Å²) in [5.74, 6) is 1.17. The Morgan fingerprint density at radius 2 is 1.54 bits per heavy atom. The summed E-state index contributed by atoms with van der Waals surface area (Å²) in [6.07, 6.45) is 0.928. The highest BCUT2D eigenvalue weighted by Gasteiger charge is 2.26. The normalized spacial score (nSPS) is 12.8. The number of rotatable bonds is 0.